The van der Waals surface area contributed by atoms with Crippen LogP contribution in [0.2, 0.25) is 0 Å². The summed E-state index contributed by atoms with van der Waals surface area (Å²) < 4.78 is 1.70. The minimum absolute atomic E-state index is 0.211. The van der Waals surface area contributed by atoms with Gasteiger partial charge in [-0.3, -0.25) is 9.67 Å². The summed E-state index contributed by atoms with van der Waals surface area (Å²) in [5.74, 6) is 0. The quantitative estimate of drug-likeness (QED) is 0.832. The van der Waals surface area contributed by atoms with Crippen LogP contribution < -0.4 is 5.32 Å². The van der Waals surface area contributed by atoms with Crippen LogP contribution in [0.5, 0.6) is 0 Å². The fraction of sp³-hybridized carbons (Fsp3) is 0.364. The van der Waals surface area contributed by atoms with E-state index in [2.05, 4.69) is 27.5 Å². The number of pyridine rings is 1. The van der Waals surface area contributed by atoms with Crippen LogP contribution in [0.4, 0.5) is 0 Å². The Morgan fingerprint density at radius 3 is 2.94 bits per heavy atom. The molecule has 0 fully saturated rings. The summed E-state index contributed by atoms with van der Waals surface area (Å²) in [5.41, 5.74) is 1.97. The van der Waals surface area contributed by atoms with Crippen molar-refractivity contribution in [1.29, 1.82) is 0 Å². The van der Waals surface area contributed by atoms with E-state index in [-0.39, 0.29) is 6.04 Å². The molecule has 0 aliphatic rings. The molecule has 0 aromatic carbocycles. The largest absolute Gasteiger partial charge is 0.303 e. The molecule has 84 valence electrons. The van der Waals surface area contributed by atoms with Gasteiger partial charge < -0.3 is 5.32 Å². The van der Waals surface area contributed by atoms with Crippen LogP contribution in [0, 0.1) is 0 Å². The first-order valence-electron chi connectivity index (χ1n) is 5.25. The summed E-state index contributed by atoms with van der Waals surface area (Å²) in [7, 11) is 1.86. The molecule has 1 atom stereocenters. The first kappa shape index (κ1) is 10.8. The van der Waals surface area contributed by atoms with Crippen molar-refractivity contribution in [3.05, 3.63) is 42.0 Å². The van der Waals surface area contributed by atoms with Crippen LogP contribution >= 0.6 is 0 Å². The lowest BCUT2D eigenvalue weighted by Gasteiger charge is -2.11. The molecule has 0 aliphatic carbocycles. The minimum Gasteiger partial charge on any atom is -0.303 e. The standard InChI is InChI=1S/C11H15N5/c1-9(11-5-3-4-6-12-11)13-7-10-8-16(2)15-14-10/h3-6,8-9,13H,7H2,1-2H3/t9-/m0/s1. The van der Waals surface area contributed by atoms with Gasteiger partial charge in [-0.1, -0.05) is 11.3 Å². The highest BCUT2D eigenvalue weighted by molar-refractivity contribution is 5.07. The van der Waals surface area contributed by atoms with Crippen molar-refractivity contribution < 1.29 is 0 Å². The Labute approximate surface area is 94.5 Å². The van der Waals surface area contributed by atoms with E-state index in [1.807, 2.05) is 31.4 Å². The Morgan fingerprint density at radius 1 is 1.44 bits per heavy atom. The lowest BCUT2D eigenvalue weighted by molar-refractivity contribution is 0.554. The second-order valence-electron chi connectivity index (χ2n) is 3.74. The molecule has 0 aliphatic heterocycles. The van der Waals surface area contributed by atoms with Gasteiger partial charge in [-0.25, -0.2) is 0 Å². The summed E-state index contributed by atoms with van der Waals surface area (Å²) in [6.45, 7) is 2.78. The van der Waals surface area contributed by atoms with Gasteiger partial charge >= 0.3 is 0 Å². The Hall–Kier alpha value is -1.75. The van der Waals surface area contributed by atoms with Gasteiger partial charge in [0, 0.05) is 32.0 Å². The molecule has 5 nitrogen and oxygen atoms in total. The average Bonchev–Trinajstić information content (AvgIpc) is 2.73. The second kappa shape index (κ2) is 4.85. The molecule has 16 heavy (non-hydrogen) atoms. The summed E-state index contributed by atoms with van der Waals surface area (Å²) in [4.78, 5) is 4.29. The van der Waals surface area contributed by atoms with Crippen molar-refractivity contribution >= 4 is 0 Å². The van der Waals surface area contributed by atoms with E-state index < -0.39 is 0 Å². The lowest BCUT2D eigenvalue weighted by atomic mass is 10.2. The van der Waals surface area contributed by atoms with Gasteiger partial charge in [0.25, 0.3) is 0 Å². The number of nitrogens with one attached hydrogen (secondary N) is 1. The summed E-state index contributed by atoms with van der Waals surface area (Å²) in [5, 5.41) is 11.2. The highest BCUT2D eigenvalue weighted by atomic mass is 15.4. The fourth-order valence-corrected chi connectivity index (χ4v) is 1.47. The molecule has 0 saturated carbocycles. The van der Waals surface area contributed by atoms with Crippen LogP contribution in [0.15, 0.2) is 30.6 Å². The molecule has 0 unspecified atom stereocenters. The van der Waals surface area contributed by atoms with Crippen LogP contribution in [0.25, 0.3) is 0 Å². The third kappa shape index (κ3) is 2.64. The van der Waals surface area contributed by atoms with E-state index >= 15 is 0 Å². The summed E-state index contributed by atoms with van der Waals surface area (Å²) in [6.07, 6.45) is 3.70. The van der Waals surface area contributed by atoms with Gasteiger partial charge in [0.1, 0.15) is 0 Å². The van der Waals surface area contributed by atoms with Gasteiger partial charge in [0.15, 0.2) is 0 Å². The van der Waals surface area contributed by atoms with Crippen molar-refractivity contribution in [2.24, 2.45) is 7.05 Å². The number of aryl methyl sites for hydroxylation is 1. The monoisotopic (exact) mass is 217 g/mol. The van der Waals surface area contributed by atoms with Crippen molar-refractivity contribution in [2.75, 3.05) is 0 Å². The van der Waals surface area contributed by atoms with Crippen molar-refractivity contribution in [2.45, 2.75) is 19.5 Å². The predicted octanol–water partition coefficient (Wildman–Crippen LogP) is 1.06. The predicted molar refractivity (Wildman–Crippen MR) is 60.5 cm³/mol. The topological polar surface area (TPSA) is 55.6 Å². The van der Waals surface area contributed by atoms with Gasteiger partial charge in [-0.05, 0) is 19.1 Å². The normalized spacial score (nSPS) is 12.6. The Morgan fingerprint density at radius 2 is 2.31 bits per heavy atom. The van der Waals surface area contributed by atoms with Crippen molar-refractivity contribution in [1.82, 2.24) is 25.3 Å². The van der Waals surface area contributed by atoms with Crippen LogP contribution in [0.3, 0.4) is 0 Å². The molecule has 0 amide bonds. The summed E-state index contributed by atoms with van der Waals surface area (Å²) >= 11 is 0. The van der Waals surface area contributed by atoms with E-state index in [0.717, 1.165) is 11.4 Å². The molecular weight excluding hydrogens is 202 g/mol. The molecule has 1 N–H and O–H groups in total. The van der Waals surface area contributed by atoms with E-state index in [1.54, 1.807) is 10.9 Å². The Kier molecular flexibility index (Phi) is 3.26. The highest BCUT2D eigenvalue weighted by Gasteiger charge is 2.06. The number of nitrogens with zero attached hydrogens (tertiary/aromatic N) is 4. The number of hydrogen-bond donors (Lipinski definition) is 1. The second-order valence-corrected chi connectivity index (χ2v) is 3.74. The zero-order valence-electron chi connectivity index (χ0n) is 9.46. The number of aromatic nitrogens is 4. The highest BCUT2D eigenvalue weighted by Crippen LogP contribution is 2.08. The molecule has 2 rings (SSSR count). The van der Waals surface area contributed by atoms with E-state index in [9.17, 15) is 0 Å². The molecular formula is C11H15N5. The average molecular weight is 217 g/mol. The summed E-state index contributed by atoms with van der Waals surface area (Å²) in [6, 6.07) is 6.12. The fourth-order valence-electron chi connectivity index (χ4n) is 1.47. The first-order valence-corrected chi connectivity index (χ1v) is 5.25. The first-order chi connectivity index (χ1) is 7.75. The maximum absolute atomic E-state index is 4.29. The third-order valence-corrected chi connectivity index (χ3v) is 2.37. The van der Waals surface area contributed by atoms with Crippen molar-refractivity contribution in [3.8, 4) is 0 Å². The number of rotatable bonds is 4. The molecule has 2 aromatic rings. The van der Waals surface area contributed by atoms with Gasteiger partial charge in [0.2, 0.25) is 0 Å². The minimum atomic E-state index is 0.211. The molecule has 0 spiro atoms. The van der Waals surface area contributed by atoms with E-state index in [4.69, 9.17) is 0 Å². The van der Waals surface area contributed by atoms with Gasteiger partial charge in [-0.15, -0.1) is 5.10 Å². The molecule has 2 aromatic heterocycles. The Balaban J connectivity index is 1.91. The molecule has 0 bridgehead atoms. The maximum atomic E-state index is 4.29. The smallest absolute Gasteiger partial charge is 0.0964 e. The number of hydrogen-bond acceptors (Lipinski definition) is 4. The van der Waals surface area contributed by atoms with Gasteiger partial charge in [0.05, 0.1) is 11.4 Å². The zero-order chi connectivity index (χ0) is 11.4. The molecule has 0 saturated heterocycles. The van der Waals surface area contributed by atoms with Gasteiger partial charge in [-0.2, -0.15) is 0 Å². The van der Waals surface area contributed by atoms with Crippen LogP contribution in [0.1, 0.15) is 24.4 Å². The Bertz CT molecular complexity index is 437. The molecule has 2 heterocycles. The lowest BCUT2D eigenvalue weighted by Crippen LogP contribution is -2.19. The van der Waals surface area contributed by atoms with Crippen molar-refractivity contribution in [3.63, 3.8) is 0 Å². The maximum Gasteiger partial charge on any atom is 0.0964 e. The third-order valence-electron chi connectivity index (χ3n) is 2.37. The molecule has 0 radical (unpaired) electrons. The van der Waals surface area contributed by atoms with E-state index in [1.165, 1.54) is 0 Å². The zero-order valence-corrected chi connectivity index (χ0v) is 9.46. The SMILES string of the molecule is C[C@H](NCc1cn(C)nn1)c1ccccn1. The van der Waals surface area contributed by atoms with Crippen LogP contribution in [-0.4, -0.2) is 20.0 Å². The van der Waals surface area contributed by atoms with E-state index in [0.29, 0.717) is 6.54 Å². The molecule has 5 heteroatoms. The van der Waals surface area contributed by atoms with Crippen LogP contribution in [-0.2, 0) is 13.6 Å².